The van der Waals surface area contributed by atoms with Crippen LogP contribution in [0.3, 0.4) is 0 Å². The Kier molecular flexibility index (Phi) is 4.87. The first-order valence-electron chi connectivity index (χ1n) is 8.56. The fourth-order valence-electron chi connectivity index (χ4n) is 2.99. The number of hydrogen-bond donors (Lipinski definition) is 1. The van der Waals surface area contributed by atoms with Gasteiger partial charge in [-0.3, -0.25) is 9.10 Å². The van der Waals surface area contributed by atoms with Crippen LogP contribution in [-0.4, -0.2) is 27.4 Å². The Labute approximate surface area is 154 Å². The molecule has 2 aromatic carbocycles. The van der Waals surface area contributed by atoms with Gasteiger partial charge >= 0.3 is 0 Å². The van der Waals surface area contributed by atoms with Gasteiger partial charge < -0.3 is 5.32 Å². The molecule has 1 aliphatic rings. The molecule has 26 heavy (non-hydrogen) atoms. The fraction of sp³-hybridized carbons (Fsp3) is 0.250. The Hall–Kier alpha value is -2.60. The molecule has 0 fully saturated rings. The van der Waals surface area contributed by atoms with Crippen LogP contribution in [-0.2, 0) is 14.8 Å². The summed E-state index contributed by atoms with van der Waals surface area (Å²) in [6.45, 7) is 3.79. The molecule has 6 heteroatoms. The van der Waals surface area contributed by atoms with Crippen LogP contribution in [0.2, 0.25) is 0 Å². The average molecular weight is 370 g/mol. The highest BCUT2D eigenvalue weighted by Crippen LogP contribution is 2.41. The SMILES string of the molecule is CC[C@@H](C)NC(=O)C1=C(c2ccccc2)c2ccccc2N(C)S1(=O)=O. The van der Waals surface area contributed by atoms with Crippen molar-refractivity contribution in [3.8, 4) is 0 Å². The van der Waals surface area contributed by atoms with Gasteiger partial charge in [0.05, 0.1) is 5.69 Å². The Morgan fingerprint density at radius 3 is 2.35 bits per heavy atom. The van der Waals surface area contributed by atoms with Crippen molar-refractivity contribution in [3.05, 3.63) is 70.6 Å². The lowest BCUT2D eigenvalue weighted by molar-refractivity contribution is -0.117. The second-order valence-corrected chi connectivity index (χ2v) is 8.25. The minimum absolute atomic E-state index is 0.121. The van der Waals surface area contributed by atoms with Gasteiger partial charge in [0.2, 0.25) is 0 Å². The van der Waals surface area contributed by atoms with Gasteiger partial charge in [-0.15, -0.1) is 0 Å². The van der Waals surface area contributed by atoms with E-state index in [1.807, 2.05) is 56.3 Å². The first kappa shape index (κ1) is 18.2. The Balaban J connectivity index is 2.34. The maximum Gasteiger partial charge on any atom is 0.270 e. The third kappa shape index (κ3) is 3.01. The molecular weight excluding hydrogens is 348 g/mol. The van der Waals surface area contributed by atoms with Crippen LogP contribution < -0.4 is 9.62 Å². The molecule has 0 aromatic heterocycles. The Morgan fingerprint density at radius 2 is 1.69 bits per heavy atom. The number of nitrogens with zero attached hydrogens (tertiary/aromatic N) is 1. The summed E-state index contributed by atoms with van der Waals surface area (Å²) in [5.41, 5.74) is 2.43. The first-order valence-corrected chi connectivity index (χ1v) is 10.0. The summed E-state index contributed by atoms with van der Waals surface area (Å²) < 4.78 is 27.5. The van der Waals surface area contributed by atoms with Crippen molar-refractivity contribution >= 4 is 27.2 Å². The molecule has 1 N–H and O–H groups in total. The topological polar surface area (TPSA) is 66.5 Å². The molecule has 0 spiro atoms. The number of amides is 1. The van der Waals surface area contributed by atoms with Crippen molar-refractivity contribution in [1.29, 1.82) is 0 Å². The van der Waals surface area contributed by atoms with Gasteiger partial charge in [-0.1, -0.05) is 55.5 Å². The molecule has 0 unspecified atom stereocenters. The quantitative estimate of drug-likeness (QED) is 0.899. The van der Waals surface area contributed by atoms with Crippen LogP contribution in [0.5, 0.6) is 0 Å². The monoisotopic (exact) mass is 370 g/mol. The number of nitrogens with one attached hydrogen (secondary N) is 1. The summed E-state index contributed by atoms with van der Waals surface area (Å²) >= 11 is 0. The average Bonchev–Trinajstić information content (AvgIpc) is 2.64. The third-order valence-corrected chi connectivity index (χ3v) is 6.44. The maximum absolute atomic E-state index is 13.2. The lowest BCUT2D eigenvalue weighted by Gasteiger charge is -2.31. The zero-order chi connectivity index (χ0) is 18.9. The van der Waals surface area contributed by atoms with Gasteiger partial charge in [-0.25, -0.2) is 8.42 Å². The summed E-state index contributed by atoms with van der Waals surface area (Å²) in [7, 11) is -2.49. The lowest BCUT2D eigenvalue weighted by atomic mass is 9.95. The molecule has 5 nitrogen and oxygen atoms in total. The molecule has 0 bridgehead atoms. The first-order chi connectivity index (χ1) is 12.4. The zero-order valence-electron chi connectivity index (χ0n) is 15.1. The number of carbonyl (C=O) groups excluding carboxylic acids is 1. The number of anilines is 1. The summed E-state index contributed by atoms with van der Waals surface area (Å²) in [5, 5.41) is 2.80. The molecule has 0 radical (unpaired) electrons. The van der Waals surface area contributed by atoms with Crippen molar-refractivity contribution in [1.82, 2.24) is 5.32 Å². The Morgan fingerprint density at radius 1 is 1.08 bits per heavy atom. The van der Waals surface area contributed by atoms with E-state index in [-0.39, 0.29) is 10.9 Å². The molecule has 3 rings (SSSR count). The van der Waals surface area contributed by atoms with E-state index in [0.717, 1.165) is 5.56 Å². The predicted molar refractivity (Wildman–Crippen MR) is 104 cm³/mol. The second kappa shape index (κ2) is 6.96. The number of para-hydroxylation sites is 1. The third-order valence-electron chi connectivity index (χ3n) is 4.62. The smallest absolute Gasteiger partial charge is 0.270 e. The number of benzene rings is 2. The fourth-order valence-corrected chi connectivity index (χ4v) is 4.46. The van der Waals surface area contributed by atoms with Crippen LogP contribution in [0.25, 0.3) is 5.57 Å². The predicted octanol–water partition coefficient (Wildman–Crippen LogP) is 3.14. The van der Waals surface area contributed by atoms with E-state index in [9.17, 15) is 13.2 Å². The van der Waals surface area contributed by atoms with Gasteiger partial charge in [0, 0.05) is 24.2 Å². The minimum atomic E-state index is -3.97. The highest BCUT2D eigenvalue weighted by atomic mass is 32.2. The summed E-state index contributed by atoms with van der Waals surface area (Å²) in [5.74, 6) is -0.570. The van der Waals surface area contributed by atoms with E-state index in [1.165, 1.54) is 11.4 Å². The van der Waals surface area contributed by atoms with Crippen molar-refractivity contribution in [3.63, 3.8) is 0 Å². The van der Waals surface area contributed by atoms with E-state index < -0.39 is 15.9 Å². The van der Waals surface area contributed by atoms with E-state index in [1.54, 1.807) is 12.1 Å². The molecule has 1 atom stereocenters. The molecule has 0 saturated carbocycles. The molecule has 1 heterocycles. The van der Waals surface area contributed by atoms with Crippen molar-refractivity contribution in [2.24, 2.45) is 0 Å². The molecular formula is C20H22N2O3S. The largest absolute Gasteiger partial charge is 0.349 e. The van der Waals surface area contributed by atoms with Crippen LogP contribution in [0.15, 0.2) is 59.5 Å². The maximum atomic E-state index is 13.2. The van der Waals surface area contributed by atoms with Gasteiger partial charge in [-0.2, -0.15) is 0 Å². The van der Waals surface area contributed by atoms with E-state index in [0.29, 0.717) is 23.2 Å². The summed E-state index contributed by atoms with van der Waals surface area (Å²) in [6.07, 6.45) is 0.714. The van der Waals surface area contributed by atoms with Crippen LogP contribution in [0.4, 0.5) is 5.69 Å². The number of hydrogen-bond acceptors (Lipinski definition) is 3. The molecule has 1 aliphatic heterocycles. The van der Waals surface area contributed by atoms with Gasteiger partial charge in [0.25, 0.3) is 15.9 Å². The van der Waals surface area contributed by atoms with E-state index in [2.05, 4.69) is 5.32 Å². The molecule has 0 saturated heterocycles. The standard InChI is InChI=1S/C20H22N2O3S/c1-4-14(2)21-20(23)19-18(15-10-6-5-7-11-15)16-12-8-9-13-17(16)22(3)26(19,24)25/h5-14H,4H2,1-3H3,(H,21,23)/t14-/m1/s1. The van der Waals surface area contributed by atoms with Crippen LogP contribution in [0, 0.1) is 0 Å². The molecule has 0 aliphatic carbocycles. The summed E-state index contributed by atoms with van der Waals surface area (Å²) in [6, 6.07) is 16.3. The Bertz CT molecular complexity index is 966. The second-order valence-electron chi connectivity index (χ2n) is 6.34. The zero-order valence-corrected chi connectivity index (χ0v) is 15.9. The highest BCUT2D eigenvalue weighted by Gasteiger charge is 2.39. The number of sulfonamides is 1. The van der Waals surface area contributed by atoms with E-state index in [4.69, 9.17) is 0 Å². The number of fused-ring (bicyclic) bond motifs is 1. The number of rotatable bonds is 4. The lowest BCUT2D eigenvalue weighted by Crippen LogP contribution is -2.41. The molecule has 136 valence electrons. The minimum Gasteiger partial charge on any atom is -0.349 e. The highest BCUT2D eigenvalue weighted by molar-refractivity contribution is 7.97. The van der Waals surface area contributed by atoms with Crippen molar-refractivity contribution in [2.75, 3.05) is 11.4 Å². The van der Waals surface area contributed by atoms with Gasteiger partial charge in [0.1, 0.15) is 0 Å². The normalized spacial score (nSPS) is 16.8. The van der Waals surface area contributed by atoms with Crippen molar-refractivity contribution < 1.29 is 13.2 Å². The van der Waals surface area contributed by atoms with Crippen LogP contribution in [0.1, 0.15) is 31.4 Å². The summed E-state index contributed by atoms with van der Waals surface area (Å²) in [4.78, 5) is 12.7. The molecule has 2 aromatic rings. The van der Waals surface area contributed by atoms with Crippen molar-refractivity contribution in [2.45, 2.75) is 26.3 Å². The van der Waals surface area contributed by atoms with Crippen LogP contribution >= 0.6 is 0 Å². The van der Waals surface area contributed by atoms with E-state index >= 15 is 0 Å². The van der Waals surface area contributed by atoms with Gasteiger partial charge in [-0.05, 0) is 25.0 Å². The van der Waals surface area contributed by atoms with Gasteiger partial charge in [0.15, 0.2) is 4.91 Å². The molecule has 1 amide bonds. The number of carbonyl (C=O) groups is 1.